The molecule has 2 aliphatic carbocycles. The quantitative estimate of drug-likeness (QED) is 0.752. The van der Waals surface area contributed by atoms with Crippen LogP contribution in [-0.4, -0.2) is 11.4 Å². The van der Waals surface area contributed by atoms with Crippen LogP contribution >= 0.6 is 0 Å². The lowest BCUT2D eigenvalue weighted by atomic mass is 9.80. The fourth-order valence-corrected chi connectivity index (χ4v) is 2.43. The van der Waals surface area contributed by atoms with Crippen LogP contribution in [0.25, 0.3) is 0 Å². The third-order valence-corrected chi connectivity index (χ3v) is 3.76. The summed E-state index contributed by atoms with van der Waals surface area (Å²) in [6.45, 7) is 0. The van der Waals surface area contributed by atoms with E-state index in [1.165, 1.54) is 6.42 Å². The van der Waals surface area contributed by atoms with Crippen molar-refractivity contribution < 1.29 is 4.79 Å². The van der Waals surface area contributed by atoms with Gasteiger partial charge in [-0.25, -0.2) is 0 Å². The molecule has 2 rings (SSSR count). The third-order valence-electron chi connectivity index (χ3n) is 3.76. The first kappa shape index (κ1) is 10.5. The van der Waals surface area contributed by atoms with Crippen LogP contribution < -0.4 is 5.32 Å². The van der Waals surface area contributed by atoms with Gasteiger partial charge in [-0.1, -0.05) is 25.7 Å². The fourth-order valence-electron chi connectivity index (χ4n) is 2.43. The maximum Gasteiger partial charge on any atom is 0.224 e. The summed E-state index contributed by atoms with van der Waals surface area (Å²) >= 11 is 0. The van der Waals surface area contributed by atoms with Crippen LogP contribution in [-0.2, 0) is 4.79 Å². The number of hydrogen-bond donors (Lipinski definition) is 1. The highest BCUT2D eigenvalue weighted by atomic mass is 16.2. The maximum absolute atomic E-state index is 11.8. The van der Waals surface area contributed by atoms with Gasteiger partial charge in [-0.15, -0.1) is 0 Å². The fraction of sp³-hybridized carbons (Fsp3) is 0.833. The predicted molar refractivity (Wildman–Crippen MR) is 56.9 cm³/mol. The smallest absolute Gasteiger partial charge is 0.224 e. The Labute approximate surface area is 90.8 Å². The first-order chi connectivity index (χ1) is 7.26. The Hall–Kier alpha value is -1.04. The summed E-state index contributed by atoms with van der Waals surface area (Å²) in [7, 11) is 0. The Balaban J connectivity index is 1.94. The van der Waals surface area contributed by atoms with Gasteiger partial charge >= 0.3 is 0 Å². The predicted octanol–water partition coefficient (Wildman–Crippen LogP) is 2.13. The molecule has 82 valence electrons. The Morgan fingerprint density at radius 2 is 1.87 bits per heavy atom. The average Bonchev–Trinajstić information content (AvgIpc) is 2.16. The largest absolute Gasteiger partial charge is 0.338 e. The zero-order valence-corrected chi connectivity index (χ0v) is 9.09. The number of carbonyl (C=O) groups excluding carboxylic acids is 1. The summed E-state index contributed by atoms with van der Waals surface area (Å²) in [6.07, 6.45) is 8.18. The molecule has 3 heteroatoms. The van der Waals surface area contributed by atoms with Crippen molar-refractivity contribution in [2.45, 2.75) is 56.9 Å². The highest BCUT2D eigenvalue weighted by Crippen LogP contribution is 2.31. The summed E-state index contributed by atoms with van der Waals surface area (Å²) in [5.74, 6) is 0.307. The van der Waals surface area contributed by atoms with E-state index in [9.17, 15) is 10.1 Å². The Morgan fingerprint density at radius 1 is 1.20 bits per heavy atom. The van der Waals surface area contributed by atoms with Crippen molar-refractivity contribution in [2.24, 2.45) is 5.92 Å². The topological polar surface area (TPSA) is 52.9 Å². The summed E-state index contributed by atoms with van der Waals surface area (Å²) in [5, 5.41) is 12.2. The van der Waals surface area contributed by atoms with E-state index in [4.69, 9.17) is 0 Å². The monoisotopic (exact) mass is 206 g/mol. The van der Waals surface area contributed by atoms with E-state index in [0.717, 1.165) is 44.9 Å². The van der Waals surface area contributed by atoms with Gasteiger partial charge in [0.05, 0.1) is 6.07 Å². The van der Waals surface area contributed by atoms with Crippen LogP contribution in [0.2, 0.25) is 0 Å². The van der Waals surface area contributed by atoms with Gasteiger partial charge in [0.2, 0.25) is 5.91 Å². The van der Waals surface area contributed by atoms with E-state index >= 15 is 0 Å². The molecule has 2 aliphatic rings. The molecule has 0 heterocycles. The van der Waals surface area contributed by atoms with Crippen LogP contribution in [0.3, 0.4) is 0 Å². The molecule has 0 bridgehead atoms. The van der Waals surface area contributed by atoms with E-state index in [0.29, 0.717) is 0 Å². The molecule has 2 saturated carbocycles. The van der Waals surface area contributed by atoms with Crippen molar-refractivity contribution in [3.05, 3.63) is 0 Å². The van der Waals surface area contributed by atoms with E-state index in [-0.39, 0.29) is 11.8 Å². The van der Waals surface area contributed by atoms with E-state index in [1.54, 1.807) is 0 Å². The molecule has 1 N–H and O–H groups in total. The third kappa shape index (κ3) is 2.14. The highest BCUT2D eigenvalue weighted by molar-refractivity contribution is 5.80. The van der Waals surface area contributed by atoms with Crippen molar-refractivity contribution in [2.75, 3.05) is 0 Å². The molecule has 2 fully saturated rings. The standard InChI is InChI=1S/C12H18N2O/c13-9-12(7-2-1-3-8-12)14-11(15)10-5-4-6-10/h10H,1-8H2,(H,14,15). The molecule has 3 nitrogen and oxygen atoms in total. The molecule has 0 aromatic carbocycles. The second-order valence-corrected chi connectivity index (χ2v) is 4.87. The SMILES string of the molecule is N#CC1(NC(=O)C2CCC2)CCCCC1. The molecule has 0 aliphatic heterocycles. The number of rotatable bonds is 2. The summed E-state index contributed by atoms with van der Waals surface area (Å²) < 4.78 is 0. The number of nitrogens with zero attached hydrogens (tertiary/aromatic N) is 1. The minimum atomic E-state index is -0.537. The van der Waals surface area contributed by atoms with Crippen LogP contribution in [0, 0.1) is 17.2 Å². The van der Waals surface area contributed by atoms with Gasteiger partial charge in [0.1, 0.15) is 5.54 Å². The van der Waals surface area contributed by atoms with Crippen LogP contribution in [0.5, 0.6) is 0 Å². The van der Waals surface area contributed by atoms with Gasteiger partial charge in [0.25, 0.3) is 0 Å². The maximum atomic E-state index is 11.8. The van der Waals surface area contributed by atoms with E-state index < -0.39 is 5.54 Å². The van der Waals surface area contributed by atoms with Gasteiger partial charge in [-0.3, -0.25) is 4.79 Å². The molecule has 0 aromatic heterocycles. The Morgan fingerprint density at radius 3 is 2.33 bits per heavy atom. The first-order valence-corrected chi connectivity index (χ1v) is 5.99. The summed E-state index contributed by atoms with van der Waals surface area (Å²) in [4.78, 5) is 11.8. The molecule has 0 atom stereocenters. The lowest BCUT2D eigenvalue weighted by Crippen LogP contribution is -2.51. The van der Waals surface area contributed by atoms with Crippen molar-refractivity contribution in [1.82, 2.24) is 5.32 Å². The molecule has 0 saturated heterocycles. The lowest BCUT2D eigenvalue weighted by Gasteiger charge is -2.34. The number of nitrogens with one attached hydrogen (secondary N) is 1. The van der Waals surface area contributed by atoms with Crippen molar-refractivity contribution in [3.8, 4) is 6.07 Å². The van der Waals surface area contributed by atoms with Crippen LogP contribution in [0.1, 0.15) is 51.4 Å². The number of carbonyl (C=O) groups is 1. The van der Waals surface area contributed by atoms with Gasteiger partial charge < -0.3 is 5.32 Å². The minimum absolute atomic E-state index is 0.115. The molecule has 0 unspecified atom stereocenters. The first-order valence-electron chi connectivity index (χ1n) is 5.99. The molecule has 1 amide bonds. The number of hydrogen-bond acceptors (Lipinski definition) is 2. The van der Waals surface area contributed by atoms with Crippen LogP contribution in [0.4, 0.5) is 0 Å². The van der Waals surface area contributed by atoms with Gasteiger partial charge in [-0.05, 0) is 25.7 Å². The molecule has 0 radical (unpaired) electrons. The average molecular weight is 206 g/mol. The minimum Gasteiger partial charge on any atom is -0.338 e. The second kappa shape index (κ2) is 4.22. The Bertz CT molecular complexity index is 282. The van der Waals surface area contributed by atoms with E-state index in [1.807, 2.05) is 0 Å². The van der Waals surface area contributed by atoms with E-state index in [2.05, 4.69) is 11.4 Å². The number of amides is 1. The molecular weight excluding hydrogens is 188 g/mol. The molecule has 15 heavy (non-hydrogen) atoms. The normalized spacial score (nSPS) is 25.0. The van der Waals surface area contributed by atoms with Crippen molar-refractivity contribution in [1.29, 1.82) is 5.26 Å². The van der Waals surface area contributed by atoms with Gasteiger partial charge in [0.15, 0.2) is 0 Å². The van der Waals surface area contributed by atoms with Crippen molar-refractivity contribution >= 4 is 5.91 Å². The van der Waals surface area contributed by atoms with Crippen LogP contribution in [0.15, 0.2) is 0 Å². The highest BCUT2D eigenvalue weighted by Gasteiger charge is 2.36. The summed E-state index contributed by atoms with van der Waals surface area (Å²) in [6, 6.07) is 2.32. The zero-order chi connectivity index (χ0) is 10.7. The van der Waals surface area contributed by atoms with Crippen molar-refractivity contribution in [3.63, 3.8) is 0 Å². The van der Waals surface area contributed by atoms with Gasteiger partial charge in [0, 0.05) is 5.92 Å². The summed E-state index contributed by atoms with van der Waals surface area (Å²) in [5.41, 5.74) is -0.537. The molecular formula is C12H18N2O. The molecule has 0 spiro atoms. The second-order valence-electron chi connectivity index (χ2n) is 4.87. The van der Waals surface area contributed by atoms with Gasteiger partial charge in [-0.2, -0.15) is 5.26 Å². The molecule has 0 aromatic rings. The Kier molecular flexibility index (Phi) is 2.95. The lowest BCUT2D eigenvalue weighted by molar-refractivity contribution is -0.129. The number of nitriles is 1. The zero-order valence-electron chi connectivity index (χ0n) is 9.09.